The summed E-state index contributed by atoms with van der Waals surface area (Å²) in [5.41, 5.74) is 0. The standard InChI is InChI=1S/C6H12.2C2H3N.2H3N/c1-2-4-6-5-3-1;2*1-2-3;;/h1-6H2;2*1H3;2*1H3. The van der Waals surface area contributed by atoms with Gasteiger partial charge in [0.15, 0.2) is 0 Å². The number of nitriles is 2. The van der Waals surface area contributed by atoms with E-state index >= 15 is 0 Å². The second-order valence-electron chi connectivity index (χ2n) is 2.57. The minimum Gasteiger partial charge on any atom is -0.344 e. The van der Waals surface area contributed by atoms with E-state index in [1.807, 2.05) is 0 Å². The molecule has 0 saturated heterocycles. The zero-order valence-electron chi connectivity index (χ0n) is 9.55. The fourth-order valence-electron chi connectivity index (χ4n) is 1.06. The Bertz CT molecular complexity index is 116. The van der Waals surface area contributed by atoms with Crippen molar-refractivity contribution in [3.63, 3.8) is 0 Å². The highest BCUT2D eigenvalue weighted by molar-refractivity contribution is 4.51. The van der Waals surface area contributed by atoms with E-state index in [0.717, 1.165) is 0 Å². The minimum atomic E-state index is 0. The largest absolute Gasteiger partial charge is 0.344 e. The average Bonchev–Trinajstić information content (AvgIpc) is 2.10. The summed E-state index contributed by atoms with van der Waals surface area (Å²) in [7, 11) is 0. The molecule has 0 aromatic heterocycles. The first kappa shape index (κ1) is 23.1. The van der Waals surface area contributed by atoms with Crippen molar-refractivity contribution in [2.24, 2.45) is 0 Å². The zero-order chi connectivity index (χ0) is 9.66. The predicted molar refractivity (Wildman–Crippen MR) is 60.3 cm³/mol. The van der Waals surface area contributed by atoms with Gasteiger partial charge in [0.25, 0.3) is 0 Å². The Morgan fingerprint density at radius 2 is 0.714 bits per heavy atom. The molecule has 0 spiro atoms. The molecule has 6 N–H and O–H groups in total. The van der Waals surface area contributed by atoms with Crippen LogP contribution in [0.5, 0.6) is 0 Å². The van der Waals surface area contributed by atoms with Gasteiger partial charge in [-0.15, -0.1) is 0 Å². The molecule has 1 saturated carbocycles. The van der Waals surface area contributed by atoms with E-state index in [2.05, 4.69) is 0 Å². The molecule has 0 amide bonds. The monoisotopic (exact) mass is 200 g/mol. The van der Waals surface area contributed by atoms with Crippen molar-refractivity contribution in [1.82, 2.24) is 12.3 Å². The topological polar surface area (TPSA) is 118 Å². The van der Waals surface area contributed by atoms with E-state index in [4.69, 9.17) is 10.5 Å². The third kappa shape index (κ3) is 44.5. The van der Waals surface area contributed by atoms with Crippen LogP contribution in [0.2, 0.25) is 0 Å². The first-order chi connectivity index (χ1) is 5.83. The maximum Gasteiger partial charge on any atom is 0.0587 e. The SMILES string of the molecule is C1CCCCC1.CC#N.CC#N.N.N. The third-order valence-electron chi connectivity index (χ3n) is 1.50. The molecule has 0 radical (unpaired) electrons. The van der Waals surface area contributed by atoms with Gasteiger partial charge in [0.2, 0.25) is 0 Å². The molecule has 1 fully saturated rings. The minimum absolute atomic E-state index is 0. The molecule has 0 atom stereocenters. The third-order valence-corrected chi connectivity index (χ3v) is 1.50. The smallest absolute Gasteiger partial charge is 0.0587 e. The number of nitrogens with zero attached hydrogens (tertiary/aromatic N) is 2. The van der Waals surface area contributed by atoms with E-state index in [1.54, 1.807) is 12.1 Å². The lowest BCUT2D eigenvalue weighted by atomic mass is 10.0. The highest BCUT2D eigenvalue weighted by Gasteiger charge is 1.95. The molecular formula is C10H24N4. The van der Waals surface area contributed by atoms with Crippen LogP contribution < -0.4 is 12.3 Å². The summed E-state index contributed by atoms with van der Waals surface area (Å²) >= 11 is 0. The Balaban J connectivity index is -0.0000000557. The number of hydrogen-bond donors (Lipinski definition) is 2. The van der Waals surface area contributed by atoms with Crippen molar-refractivity contribution in [3.8, 4) is 12.1 Å². The lowest BCUT2D eigenvalue weighted by molar-refractivity contribution is 0.504. The average molecular weight is 200 g/mol. The van der Waals surface area contributed by atoms with Crippen molar-refractivity contribution < 1.29 is 0 Å². The van der Waals surface area contributed by atoms with Crippen LogP contribution >= 0.6 is 0 Å². The molecule has 0 bridgehead atoms. The molecular weight excluding hydrogens is 176 g/mol. The maximum absolute atomic E-state index is 7.32. The molecule has 1 aliphatic rings. The van der Waals surface area contributed by atoms with E-state index in [0.29, 0.717) is 0 Å². The van der Waals surface area contributed by atoms with Crippen molar-refractivity contribution in [2.45, 2.75) is 52.4 Å². The molecule has 14 heavy (non-hydrogen) atoms. The fourth-order valence-corrected chi connectivity index (χ4v) is 1.06. The lowest BCUT2D eigenvalue weighted by Crippen LogP contribution is -1.85. The number of rotatable bonds is 0. The fraction of sp³-hybridized carbons (Fsp3) is 0.800. The predicted octanol–water partition coefficient (Wildman–Crippen LogP) is 3.72. The molecule has 0 aliphatic heterocycles. The van der Waals surface area contributed by atoms with Gasteiger partial charge in [-0.3, -0.25) is 0 Å². The quantitative estimate of drug-likeness (QED) is 0.619. The van der Waals surface area contributed by atoms with Crippen LogP contribution in [0.15, 0.2) is 0 Å². The van der Waals surface area contributed by atoms with Crippen LogP contribution in [0.1, 0.15) is 52.4 Å². The molecule has 4 heteroatoms. The van der Waals surface area contributed by atoms with Crippen LogP contribution in [0.4, 0.5) is 0 Å². The van der Waals surface area contributed by atoms with E-state index in [1.165, 1.54) is 52.4 Å². The van der Waals surface area contributed by atoms with Gasteiger partial charge >= 0.3 is 0 Å². The Morgan fingerprint density at radius 3 is 0.786 bits per heavy atom. The molecule has 0 heterocycles. The van der Waals surface area contributed by atoms with Gasteiger partial charge in [0, 0.05) is 13.8 Å². The van der Waals surface area contributed by atoms with Gasteiger partial charge in [0.1, 0.15) is 0 Å². The van der Waals surface area contributed by atoms with Gasteiger partial charge in [0.05, 0.1) is 12.1 Å². The Hall–Kier alpha value is -1.10. The second kappa shape index (κ2) is 29.7. The van der Waals surface area contributed by atoms with Crippen molar-refractivity contribution in [3.05, 3.63) is 0 Å². The van der Waals surface area contributed by atoms with E-state index in [9.17, 15) is 0 Å². The lowest BCUT2D eigenvalue weighted by Gasteiger charge is -2.05. The molecule has 4 nitrogen and oxygen atoms in total. The summed E-state index contributed by atoms with van der Waals surface area (Å²) in [4.78, 5) is 0. The van der Waals surface area contributed by atoms with Crippen LogP contribution in [0, 0.1) is 22.7 Å². The molecule has 1 rings (SSSR count). The normalized spacial score (nSPS) is 11.4. The molecule has 0 unspecified atom stereocenters. The number of hydrogen-bond acceptors (Lipinski definition) is 4. The zero-order valence-corrected chi connectivity index (χ0v) is 9.55. The summed E-state index contributed by atoms with van der Waals surface area (Å²) in [6.45, 7) is 2.86. The maximum atomic E-state index is 7.32. The summed E-state index contributed by atoms with van der Waals surface area (Å²) < 4.78 is 0. The summed E-state index contributed by atoms with van der Waals surface area (Å²) in [5.74, 6) is 0. The van der Waals surface area contributed by atoms with Crippen LogP contribution in [-0.2, 0) is 0 Å². The second-order valence-corrected chi connectivity index (χ2v) is 2.57. The molecule has 1 aliphatic carbocycles. The van der Waals surface area contributed by atoms with Crippen LogP contribution in [0.3, 0.4) is 0 Å². The first-order valence-electron chi connectivity index (χ1n) is 4.45. The van der Waals surface area contributed by atoms with Crippen LogP contribution in [-0.4, -0.2) is 0 Å². The first-order valence-corrected chi connectivity index (χ1v) is 4.45. The van der Waals surface area contributed by atoms with Gasteiger partial charge in [-0.05, 0) is 0 Å². The molecule has 0 aromatic rings. The van der Waals surface area contributed by atoms with Crippen molar-refractivity contribution in [1.29, 1.82) is 10.5 Å². The Labute approximate surface area is 88.1 Å². The van der Waals surface area contributed by atoms with Gasteiger partial charge in [-0.25, -0.2) is 0 Å². The molecule has 0 aromatic carbocycles. The van der Waals surface area contributed by atoms with Gasteiger partial charge in [-0.1, -0.05) is 38.5 Å². The highest BCUT2D eigenvalue weighted by Crippen LogP contribution is 2.15. The van der Waals surface area contributed by atoms with Gasteiger partial charge < -0.3 is 12.3 Å². The van der Waals surface area contributed by atoms with Gasteiger partial charge in [-0.2, -0.15) is 10.5 Å². The summed E-state index contributed by atoms with van der Waals surface area (Å²) in [5, 5.41) is 14.6. The van der Waals surface area contributed by atoms with Crippen molar-refractivity contribution in [2.75, 3.05) is 0 Å². The Kier molecular flexibility index (Phi) is 48.9. The summed E-state index contributed by atoms with van der Waals surface area (Å²) in [6.07, 6.45) is 9.00. The van der Waals surface area contributed by atoms with E-state index in [-0.39, 0.29) is 12.3 Å². The summed E-state index contributed by atoms with van der Waals surface area (Å²) in [6, 6.07) is 3.50. The Morgan fingerprint density at radius 1 is 0.643 bits per heavy atom. The molecule has 84 valence electrons. The van der Waals surface area contributed by atoms with E-state index < -0.39 is 0 Å². The van der Waals surface area contributed by atoms with Crippen molar-refractivity contribution >= 4 is 0 Å². The highest BCUT2D eigenvalue weighted by atomic mass is 14.2. The van der Waals surface area contributed by atoms with Crippen LogP contribution in [0.25, 0.3) is 0 Å².